The van der Waals surface area contributed by atoms with Crippen LogP contribution in [-0.2, 0) is 6.42 Å². The molecule has 0 spiro atoms. The molecule has 4 nitrogen and oxygen atoms in total. The van der Waals surface area contributed by atoms with Crippen LogP contribution in [0.15, 0.2) is 11.6 Å². The Bertz CT molecular complexity index is 487. The van der Waals surface area contributed by atoms with E-state index in [4.69, 9.17) is 5.73 Å². The number of hydrogen-bond acceptors (Lipinski definition) is 4. The van der Waals surface area contributed by atoms with Gasteiger partial charge in [-0.15, -0.1) is 11.3 Å². The monoisotopic (exact) mass is 250 g/mol. The Morgan fingerprint density at radius 3 is 2.82 bits per heavy atom. The maximum atomic E-state index is 5.68. The number of hydrogen-bond donors (Lipinski definition) is 1. The zero-order chi connectivity index (χ0) is 12.4. The molecule has 2 aromatic rings. The van der Waals surface area contributed by atoms with Crippen molar-refractivity contribution in [3.8, 4) is 5.13 Å². The molecule has 92 valence electrons. The maximum absolute atomic E-state index is 5.68. The second-order valence-electron chi connectivity index (χ2n) is 4.42. The van der Waals surface area contributed by atoms with Crippen LogP contribution in [0.3, 0.4) is 0 Å². The second-order valence-corrected chi connectivity index (χ2v) is 5.29. The Balaban J connectivity index is 2.36. The predicted molar refractivity (Wildman–Crippen MR) is 70.6 cm³/mol. The summed E-state index contributed by atoms with van der Waals surface area (Å²) in [6, 6.07) is 0. The van der Waals surface area contributed by atoms with Crippen molar-refractivity contribution in [2.75, 3.05) is 6.54 Å². The summed E-state index contributed by atoms with van der Waals surface area (Å²) in [4.78, 5) is 4.30. The molecule has 0 aliphatic rings. The molecule has 2 aromatic heterocycles. The molecule has 5 heteroatoms. The molecular formula is C12H18N4S. The van der Waals surface area contributed by atoms with Crippen molar-refractivity contribution >= 4 is 11.3 Å². The van der Waals surface area contributed by atoms with Gasteiger partial charge in [-0.25, -0.2) is 9.67 Å². The van der Waals surface area contributed by atoms with E-state index in [2.05, 4.69) is 30.9 Å². The fourth-order valence-electron chi connectivity index (χ4n) is 1.91. The van der Waals surface area contributed by atoms with Crippen LogP contribution >= 0.6 is 11.3 Å². The summed E-state index contributed by atoms with van der Waals surface area (Å²) >= 11 is 1.60. The van der Waals surface area contributed by atoms with Crippen LogP contribution in [0.2, 0.25) is 0 Å². The number of rotatable bonds is 4. The van der Waals surface area contributed by atoms with E-state index in [-0.39, 0.29) is 0 Å². The first-order chi connectivity index (χ1) is 8.13. The molecule has 0 amide bonds. The molecule has 0 radical (unpaired) electrons. The van der Waals surface area contributed by atoms with Gasteiger partial charge in [0.1, 0.15) is 0 Å². The van der Waals surface area contributed by atoms with Gasteiger partial charge in [-0.1, -0.05) is 6.92 Å². The first-order valence-electron chi connectivity index (χ1n) is 5.78. The van der Waals surface area contributed by atoms with Crippen molar-refractivity contribution in [1.82, 2.24) is 14.8 Å². The highest BCUT2D eigenvalue weighted by Crippen LogP contribution is 2.21. The van der Waals surface area contributed by atoms with E-state index in [0.717, 1.165) is 17.2 Å². The van der Waals surface area contributed by atoms with E-state index in [1.165, 1.54) is 11.3 Å². The lowest BCUT2D eigenvalue weighted by Crippen LogP contribution is -2.14. The van der Waals surface area contributed by atoms with Crippen molar-refractivity contribution in [3.05, 3.63) is 28.5 Å². The molecule has 0 saturated carbocycles. The van der Waals surface area contributed by atoms with Gasteiger partial charge in [-0.05, 0) is 38.3 Å². The number of aromatic nitrogens is 3. The zero-order valence-corrected chi connectivity index (χ0v) is 11.3. The maximum Gasteiger partial charge on any atom is 0.210 e. The van der Waals surface area contributed by atoms with Crippen LogP contribution in [0.5, 0.6) is 0 Å². The average molecular weight is 250 g/mol. The number of aryl methyl sites for hydroxylation is 1. The fourth-order valence-corrected chi connectivity index (χ4v) is 2.55. The number of nitrogens with two attached hydrogens (primary N) is 1. The van der Waals surface area contributed by atoms with E-state index in [1.807, 2.05) is 10.1 Å². The lowest BCUT2D eigenvalue weighted by Gasteiger charge is -2.08. The minimum Gasteiger partial charge on any atom is -0.330 e. The van der Waals surface area contributed by atoms with Crippen LogP contribution < -0.4 is 5.73 Å². The summed E-state index contributed by atoms with van der Waals surface area (Å²) in [6.45, 7) is 7.02. The third kappa shape index (κ3) is 2.40. The highest BCUT2D eigenvalue weighted by Gasteiger charge is 2.15. The van der Waals surface area contributed by atoms with Gasteiger partial charge in [0.2, 0.25) is 5.13 Å². The second kappa shape index (κ2) is 4.98. The third-order valence-electron chi connectivity index (χ3n) is 3.00. The van der Waals surface area contributed by atoms with Gasteiger partial charge < -0.3 is 5.73 Å². The van der Waals surface area contributed by atoms with Crippen LogP contribution in [0.4, 0.5) is 0 Å². The van der Waals surface area contributed by atoms with Crippen molar-refractivity contribution in [2.45, 2.75) is 27.2 Å². The molecule has 1 unspecified atom stereocenters. The smallest absolute Gasteiger partial charge is 0.210 e. The van der Waals surface area contributed by atoms with E-state index in [9.17, 15) is 0 Å². The van der Waals surface area contributed by atoms with Gasteiger partial charge in [-0.2, -0.15) is 5.10 Å². The Labute approximate surface area is 105 Å². The van der Waals surface area contributed by atoms with Crippen molar-refractivity contribution < 1.29 is 0 Å². The number of thiazole rings is 1. The summed E-state index contributed by atoms with van der Waals surface area (Å²) in [7, 11) is 0. The van der Waals surface area contributed by atoms with Gasteiger partial charge in [0, 0.05) is 17.3 Å². The molecule has 1 atom stereocenters. The first kappa shape index (κ1) is 12.3. The third-order valence-corrected chi connectivity index (χ3v) is 3.74. The van der Waals surface area contributed by atoms with Gasteiger partial charge in [0.25, 0.3) is 0 Å². The SMILES string of the molecule is Cc1nn(-c2nccs2)c(C)c1CC(C)CN. The topological polar surface area (TPSA) is 56.7 Å². The lowest BCUT2D eigenvalue weighted by atomic mass is 10.00. The molecule has 2 N–H and O–H groups in total. The molecule has 0 saturated heterocycles. The van der Waals surface area contributed by atoms with E-state index < -0.39 is 0 Å². The summed E-state index contributed by atoms with van der Waals surface area (Å²) in [5, 5.41) is 7.46. The van der Waals surface area contributed by atoms with E-state index >= 15 is 0 Å². The van der Waals surface area contributed by atoms with Crippen LogP contribution in [0.1, 0.15) is 23.9 Å². The quantitative estimate of drug-likeness (QED) is 0.904. The summed E-state index contributed by atoms with van der Waals surface area (Å²) in [5.74, 6) is 0.487. The van der Waals surface area contributed by atoms with Crippen molar-refractivity contribution in [1.29, 1.82) is 0 Å². The fraction of sp³-hybridized carbons (Fsp3) is 0.500. The summed E-state index contributed by atoms with van der Waals surface area (Å²) in [5.41, 5.74) is 9.25. The highest BCUT2D eigenvalue weighted by atomic mass is 32.1. The van der Waals surface area contributed by atoms with Crippen molar-refractivity contribution in [3.63, 3.8) is 0 Å². The van der Waals surface area contributed by atoms with E-state index in [1.54, 1.807) is 17.5 Å². The molecule has 2 rings (SSSR count). The van der Waals surface area contributed by atoms with Crippen LogP contribution in [-0.4, -0.2) is 21.3 Å². The minimum atomic E-state index is 0.487. The van der Waals surface area contributed by atoms with E-state index in [0.29, 0.717) is 12.5 Å². The minimum absolute atomic E-state index is 0.487. The lowest BCUT2D eigenvalue weighted by molar-refractivity contribution is 0.589. The first-order valence-corrected chi connectivity index (χ1v) is 6.66. The Morgan fingerprint density at radius 2 is 2.24 bits per heavy atom. The average Bonchev–Trinajstić information content (AvgIpc) is 2.92. The van der Waals surface area contributed by atoms with Crippen molar-refractivity contribution in [2.24, 2.45) is 11.7 Å². The van der Waals surface area contributed by atoms with Gasteiger partial charge in [-0.3, -0.25) is 0 Å². The predicted octanol–water partition coefficient (Wildman–Crippen LogP) is 2.08. The molecular weight excluding hydrogens is 232 g/mol. The molecule has 0 bridgehead atoms. The molecule has 2 heterocycles. The van der Waals surface area contributed by atoms with Crippen LogP contribution in [0.25, 0.3) is 5.13 Å². The Morgan fingerprint density at radius 1 is 1.47 bits per heavy atom. The molecule has 0 fully saturated rings. The van der Waals surface area contributed by atoms with Crippen LogP contribution in [0, 0.1) is 19.8 Å². The molecule has 0 aliphatic carbocycles. The number of nitrogens with zero attached hydrogens (tertiary/aromatic N) is 3. The Hall–Kier alpha value is -1.20. The summed E-state index contributed by atoms with van der Waals surface area (Å²) in [6.07, 6.45) is 2.79. The molecule has 0 aromatic carbocycles. The molecule has 0 aliphatic heterocycles. The molecule has 17 heavy (non-hydrogen) atoms. The Kier molecular flexibility index (Phi) is 3.59. The highest BCUT2D eigenvalue weighted by molar-refractivity contribution is 7.12. The normalized spacial score (nSPS) is 12.9. The van der Waals surface area contributed by atoms with Gasteiger partial charge in [0.15, 0.2) is 0 Å². The zero-order valence-electron chi connectivity index (χ0n) is 10.5. The van der Waals surface area contributed by atoms with Gasteiger partial charge >= 0.3 is 0 Å². The largest absolute Gasteiger partial charge is 0.330 e. The van der Waals surface area contributed by atoms with Gasteiger partial charge in [0.05, 0.1) is 5.69 Å². The standard InChI is InChI=1S/C12H18N4S/c1-8(7-13)6-11-9(2)15-16(10(11)3)12-14-4-5-17-12/h4-5,8H,6-7,13H2,1-3H3. The summed E-state index contributed by atoms with van der Waals surface area (Å²) < 4.78 is 1.93.